The smallest absolute Gasteiger partial charge is 0.274 e. The molecule has 0 spiro atoms. The van der Waals surface area contributed by atoms with Crippen LogP contribution in [0.2, 0.25) is 0 Å². The normalized spacial score (nSPS) is 12.3. The van der Waals surface area contributed by atoms with E-state index in [1.807, 2.05) is 62.4 Å². The summed E-state index contributed by atoms with van der Waals surface area (Å²) in [6.45, 7) is 4.32. The summed E-state index contributed by atoms with van der Waals surface area (Å²) in [5, 5.41) is 18.2. The van der Waals surface area contributed by atoms with Gasteiger partial charge >= 0.3 is 0 Å². The van der Waals surface area contributed by atoms with Crippen molar-refractivity contribution in [3.8, 4) is 0 Å². The van der Waals surface area contributed by atoms with Crippen LogP contribution < -0.4 is 10.9 Å². The molecule has 0 fully saturated rings. The molecule has 0 saturated heterocycles. The molecule has 0 radical (unpaired) electrons. The third-order valence-corrected chi connectivity index (χ3v) is 4.53. The van der Waals surface area contributed by atoms with E-state index in [-0.39, 0.29) is 30.4 Å². The van der Waals surface area contributed by atoms with Crippen molar-refractivity contribution in [2.75, 3.05) is 6.61 Å². The number of carbonyl (C=O) groups is 1. The Bertz CT molecular complexity index is 1010. The van der Waals surface area contributed by atoms with Crippen LogP contribution in [-0.2, 0) is 17.8 Å². The number of amides is 1. The lowest BCUT2D eigenvalue weighted by Crippen LogP contribution is -2.33. The highest BCUT2D eigenvalue weighted by molar-refractivity contribution is 5.88. The van der Waals surface area contributed by atoms with Gasteiger partial charge in [-0.05, 0) is 17.5 Å². The van der Waals surface area contributed by atoms with Crippen molar-refractivity contribution < 1.29 is 9.90 Å². The first kappa shape index (κ1) is 19.8. The Morgan fingerprint density at radius 3 is 2.36 bits per heavy atom. The second kappa shape index (κ2) is 8.80. The lowest BCUT2D eigenvalue weighted by atomic mass is 10.1. The number of fused-ring (bicyclic) bond motifs is 1. The van der Waals surface area contributed by atoms with Crippen molar-refractivity contribution in [2.45, 2.75) is 32.9 Å². The standard InChI is InChI=1S/C22H25N3O3/c1-15(2)13-25-22(28)18-11-7-6-10-17(18)19(24-25)12-21(27)23-20(14-26)16-8-4-3-5-9-16/h3-11,15,20,26H,12-14H2,1-2H3,(H,23,27)/t20-/m0/s1. The largest absolute Gasteiger partial charge is 0.394 e. The van der Waals surface area contributed by atoms with Gasteiger partial charge in [0.05, 0.1) is 30.1 Å². The minimum Gasteiger partial charge on any atom is -0.394 e. The van der Waals surface area contributed by atoms with Crippen LogP contribution in [0.5, 0.6) is 0 Å². The van der Waals surface area contributed by atoms with E-state index in [0.29, 0.717) is 23.0 Å². The molecular formula is C22H25N3O3. The lowest BCUT2D eigenvalue weighted by molar-refractivity contribution is -0.121. The summed E-state index contributed by atoms with van der Waals surface area (Å²) in [6, 6.07) is 16.1. The monoisotopic (exact) mass is 379 g/mol. The van der Waals surface area contributed by atoms with Crippen LogP contribution in [0.25, 0.3) is 10.8 Å². The van der Waals surface area contributed by atoms with E-state index in [4.69, 9.17) is 0 Å². The van der Waals surface area contributed by atoms with Crippen LogP contribution in [0.3, 0.4) is 0 Å². The molecule has 0 saturated carbocycles. The molecule has 3 aromatic rings. The SMILES string of the molecule is CC(C)Cn1nc(CC(=O)N[C@@H](CO)c2ccccc2)c2ccccc2c1=O. The molecular weight excluding hydrogens is 354 g/mol. The molecule has 6 nitrogen and oxygen atoms in total. The van der Waals surface area contributed by atoms with Gasteiger partial charge in [-0.15, -0.1) is 0 Å². The van der Waals surface area contributed by atoms with Crippen LogP contribution in [-0.4, -0.2) is 27.4 Å². The highest BCUT2D eigenvalue weighted by atomic mass is 16.3. The van der Waals surface area contributed by atoms with Crippen molar-refractivity contribution in [3.05, 3.63) is 76.2 Å². The zero-order chi connectivity index (χ0) is 20.1. The molecule has 1 atom stereocenters. The predicted molar refractivity (Wildman–Crippen MR) is 109 cm³/mol. The second-order valence-electron chi connectivity index (χ2n) is 7.26. The van der Waals surface area contributed by atoms with Gasteiger partial charge in [-0.3, -0.25) is 9.59 Å². The molecule has 28 heavy (non-hydrogen) atoms. The van der Waals surface area contributed by atoms with Gasteiger partial charge in [0.25, 0.3) is 5.56 Å². The number of aliphatic hydroxyl groups is 1. The van der Waals surface area contributed by atoms with Crippen LogP contribution >= 0.6 is 0 Å². The summed E-state index contributed by atoms with van der Waals surface area (Å²) < 4.78 is 1.44. The maximum Gasteiger partial charge on any atom is 0.274 e. The minimum atomic E-state index is -0.485. The Balaban J connectivity index is 1.89. The molecule has 146 valence electrons. The first-order valence-electron chi connectivity index (χ1n) is 9.43. The van der Waals surface area contributed by atoms with Crippen molar-refractivity contribution in [3.63, 3.8) is 0 Å². The summed E-state index contributed by atoms with van der Waals surface area (Å²) in [5.74, 6) is 0.000177. The zero-order valence-electron chi connectivity index (χ0n) is 16.1. The van der Waals surface area contributed by atoms with Crippen LogP contribution in [0.1, 0.15) is 31.1 Å². The summed E-state index contributed by atoms with van der Waals surface area (Å²) in [5.41, 5.74) is 1.24. The Hall–Kier alpha value is -2.99. The fraction of sp³-hybridized carbons (Fsp3) is 0.318. The average molecular weight is 379 g/mol. The number of nitrogens with zero attached hydrogens (tertiary/aromatic N) is 2. The van der Waals surface area contributed by atoms with E-state index in [9.17, 15) is 14.7 Å². The maximum atomic E-state index is 12.7. The molecule has 2 aromatic carbocycles. The van der Waals surface area contributed by atoms with Gasteiger partial charge in [-0.25, -0.2) is 4.68 Å². The van der Waals surface area contributed by atoms with Gasteiger partial charge in [0, 0.05) is 11.9 Å². The summed E-state index contributed by atoms with van der Waals surface area (Å²) >= 11 is 0. The Kier molecular flexibility index (Phi) is 6.21. The van der Waals surface area contributed by atoms with Gasteiger partial charge in [-0.1, -0.05) is 62.4 Å². The molecule has 0 aliphatic heterocycles. The molecule has 1 amide bonds. The molecule has 0 unspecified atom stereocenters. The minimum absolute atomic E-state index is 0.0300. The molecule has 2 N–H and O–H groups in total. The Labute approximate surface area is 163 Å². The molecule has 0 aliphatic rings. The highest BCUT2D eigenvalue weighted by Gasteiger charge is 2.17. The van der Waals surface area contributed by atoms with E-state index in [2.05, 4.69) is 10.4 Å². The van der Waals surface area contributed by atoms with Crippen molar-refractivity contribution in [2.24, 2.45) is 5.92 Å². The summed E-state index contributed by atoms with van der Waals surface area (Å²) in [7, 11) is 0. The number of hydrogen-bond donors (Lipinski definition) is 2. The fourth-order valence-electron chi connectivity index (χ4n) is 3.22. The van der Waals surface area contributed by atoms with Crippen LogP contribution in [0.4, 0.5) is 0 Å². The number of aromatic nitrogens is 2. The number of aliphatic hydroxyl groups excluding tert-OH is 1. The van der Waals surface area contributed by atoms with E-state index in [0.717, 1.165) is 5.56 Å². The molecule has 1 heterocycles. The van der Waals surface area contributed by atoms with Gasteiger partial charge < -0.3 is 10.4 Å². The zero-order valence-corrected chi connectivity index (χ0v) is 16.1. The molecule has 0 aliphatic carbocycles. The molecule has 0 bridgehead atoms. The molecule has 1 aromatic heterocycles. The van der Waals surface area contributed by atoms with Gasteiger partial charge in [0.15, 0.2) is 0 Å². The number of benzene rings is 2. The summed E-state index contributed by atoms with van der Waals surface area (Å²) in [6.07, 6.45) is 0.0300. The average Bonchev–Trinajstić information content (AvgIpc) is 2.70. The molecule has 3 rings (SSSR count). The van der Waals surface area contributed by atoms with Gasteiger partial charge in [0.1, 0.15) is 0 Å². The topological polar surface area (TPSA) is 84.2 Å². The number of nitrogens with one attached hydrogen (secondary N) is 1. The van der Waals surface area contributed by atoms with Gasteiger partial charge in [0.2, 0.25) is 5.91 Å². The predicted octanol–water partition coefficient (Wildman–Crippen LogP) is 2.44. The van der Waals surface area contributed by atoms with E-state index >= 15 is 0 Å². The maximum absolute atomic E-state index is 12.7. The fourth-order valence-corrected chi connectivity index (χ4v) is 3.22. The van der Waals surface area contributed by atoms with E-state index in [1.165, 1.54) is 4.68 Å². The molecule has 6 heteroatoms. The first-order chi connectivity index (χ1) is 13.5. The van der Waals surface area contributed by atoms with Crippen LogP contribution in [0.15, 0.2) is 59.4 Å². The second-order valence-corrected chi connectivity index (χ2v) is 7.26. The Morgan fingerprint density at radius 2 is 1.71 bits per heavy atom. The Morgan fingerprint density at radius 1 is 1.07 bits per heavy atom. The first-order valence-corrected chi connectivity index (χ1v) is 9.43. The summed E-state index contributed by atoms with van der Waals surface area (Å²) in [4.78, 5) is 25.3. The number of carbonyl (C=O) groups excluding carboxylic acids is 1. The van der Waals surface area contributed by atoms with Crippen molar-refractivity contribution in [1.29, 1.82) is 0 Å². The van der Waals surface area contributed by atoms with Gasteiger partial charge in [-0.2, -0.15) is 5.10 Å². The lowest BCUT2D eigenvalue weighted by Gasteiger charge is -2.17. The van der Waals surface area contributed by atoms with E-state index < -0.39 is 6.04 Å². The highest BCUT2D eigenvalue weighted by Crippen LogP contribution is 2.16. The number of hydrogen-bond acceptors (Lipinski definition) is 4. The van der Waals surface area contributed by atoms with E-state index in [1.54, 1.807) is 6.07 Å². The quantitative estimate of drug-likeness (QED) is 0.660. The third-order valence-electron chi connectivity index (χ3n) is 4.53. The number of rotatable bonds is 7. The third kappa shape index (κ3) is 4.46. The van der Waals surface area contributed by atoms with Crippen molar-refractivity contribution >= 4 is 16.7 Å². The van der Waals surface area contributed by atoms with Crippen LogP contribution in [0, 0.1) is 5.92 Å². The van der Waals surface area contributed by atoms with Crippen molar-refractivity contribution in [1.82, 2.24) is 15.1 Å².